The highest BCUT2D eigenvalue weighted by molar-refractivity contribution is 5.86. The molecule has 1 fully saturated rings. The van der Waals surface area contributed by atoms with Crippen LogP contribution in [-0.4, -0.2) is 36.0 Å². The Morgan fingerprint density at radius 1 is 1.53 bits per heavy atom. The van der Waals surface area contributed by atoms with Crippen molar-refractivity contribution in [3.63, 3.8) is 0 Å². The lowest BCUT2D eigenvalue weighted by Crippen LogP contribution is -2.63. The molecule has 1 amide bonds. The predicted molar refractivity (Wildman–Crippen MR) is 72.0 cm³/mol. The van der Waals surface area contributed by atoms with Crippen LogP contribution in [0.3, 0.4) is 0 Å². The summed E-state index contributed by atoms with van der Waals surface area (Å²) in [5.74, 6) is -0.302. The molecule has 0 saturated carbocycles. The summed E-state index contributed by atoms with van der Waals surface area (Å²) >= 11 is 0. The topological polar surface area (TPSA) is 58.4 Å². The van der Waals surface area contributed by atoms with E-state index in [4.69, 9.17) is 5.73 Å². The average Bonchev–Trinajstić information content (AvgIpc) is 2.36. The van der Waals surface area contributed by atoms with Crippen molar-refractivity contribution in [3.05, 3.63) is 35.6 Å². The third-order valence-corrected chi connectivity index (χ3v) is 3.74. The molecule has 0 spiro atoms. The molecule has 2 rings (SSSR count). The Morgan fingerprint density at radius 3 is 2.89 bits per heavy atom. The van der Waals surface area contributed by atoms with Gasteiger partial charge in [-0.2, -0.15) is 0 Å². The Bertz CT molecular complexity index is 476. The van der Waals surface area contributed by atoms with Crippen LogP contribution in [0.5, 0.6) is 0 Å². The monoisotopic (exact) mass is 265 g/mol. The standard InChI is InChI=1S/C14H20FN3O/c1-14(2)13(19)17-6-7-18(14)12(9-16)10-4-3-5-11(15)8-10/h3-5,8,12H,6-7,9,16H2,1-2H3,(H,17,19). The number of nitrogens with two attached hydrogens (primary N) is 1. The summed E-state index contributed by atoms with van der Waals surface area (Å²) in [5, 5.41) is 2.85. The first-order valence-electron chi connectivity index (χ1n) is 6.47. The van der Waals surface area contributed by atoms with Gasteiger partial charge in [0, 0.05) is 25.7 Å². The number of rotatable bonds is 3. The second kappa shape index (κ2) is 5.27. The zero-order valence-corrected chi connectivity index (χ0v) is 11.3. The van der Waals surface area contributed by atoms with E-state index < -0.39 is 5.54 Å². The van der Waals surface area contributed by atoms with E-state index in [-0.39, 0.29) is 17.8 Å². The van der Waals surface area contributed by atoms with E-state index in [0.717, 1.165) is 5.56 Å². The van der Waals surface area contributed by atoms with Crippen LogP contribution in [0.1, 0.15) is 25.5 Å². The van der Waals surface area contributed by atoms with Crippen molar-refractivity contribution < 1.29 is 9.18 Å². The van der Waals surface area contributed by atoms with Crippen LogP contribution in [0, 0.1) is 5.82 Å². The smallest absolute Gasteiger partial charge is 0.240 e. The Balaban J connectivity index is 2.33. The first-order valence-corrected chi connectivity index (χ1v) is 6.47. The van der Waals surface area contributed by atoms with Crippen molar-refractivity contribution >= 4 is 5.91 Å². The summed E-state index contributed by atoms with van der Waals surface area (Å²) in [6.07, 6.45) is 0. The predicted octanol–water partition coefficient (Wildman–Crippen LogP) is 1.04. The number of amides is 1. The van der Waals surface area contributed by atoms with Gasteiger partial charge in [0.15, 0.2) is 0 Å². The molecule has 3 N–H and O–H groups in total. The van der Waals surface area contributed by atoms with Crippen molar-refractivity contribution in [1.29, 1.82) is 0 Å². The molecule has 1 aromatic carbocycles. The van der Waals surface area contributed by atoms with Crippen molar-refractivity contribution in [1.82, 2.24) is 10.2 Å². The molecule has 4 nitrogen and oxygen atoms in total. The number of hydrogen-bond acceptors (Lipinski definition) is 3. The molecule has 5 heteroatoms. The molecule has 1 aromatic rings. The lowest BCUT2D eigenvalue weighted by atomic mass is 9.93. The van der Waals surface area contributed by atoms with Gasteiger partial charge < -0.3 is 11.1 Å². The molecule has 104 valence electrons. The fourth-order valence-corrected chi connectivity index (χ4v) is 2.62. The van der Waals surface area contributed by atoms with Crippen LogP contribution in [0.15, 0.2) is 24.3 Å². The molecule has 0 aliphatic carbocycles. The summed E-state index contributed by atoms with van der Waals surface area (Å²) in [7, 11) is 0. The Hall–Kier alpha value is -1.46. The van der Waals surface area contributed by atoms with E-state index in [0.29, 0.717) is 19.6 Å². The first-order chi connectivity index (χ1) is 8.96. The van der Waals surface area contributed by atoms with E-state index in [1.807, 2.05) is 24.8 Å². The molecule has 1 heterocycles. The zero-order chi connectivity index (χ0) is 14.0. The van der Waals surface area contributed by atoms with Crippen molar-refractivity contribution in [3.8, 4) is 0 Å². The van der Waals surface area contributed by atoms with Crippen LogP contribution in [0.4, 0.5) is 4.39 Å². The van der Waals surface area contributed by atoms with Crippen LogP contribution < -0.4 is 11.1 Å². The number of hydrogen-bond donors (Lipinski definition) is 2. The minimum atomic E-state index is -0.644. The number of halogens is 1. The van der Waals surface area contributed by atoms with Crippen molar-refractivity contribution in [2.75, 3.05) is 19.6 Å². The highest BCUT2D eigenvalue weighted by Crippen LogP contribution is 2.29. The zero-order valence-electron chi connectivity index (χ0n) is 11.3. The molecule has 0 bridgehead atoms. The fraction of sp³-hybridized carbons (Fsp3) is 0.500. The quantitative estimate of drug-likeness (QED) is 0.858. The Labute approximate surface area is 112 Å². The SMILES string of the molecule is CC1(C)C(=O)NCCN1C(CN)c1cccc(F)c1. The second-order valence-corrected chi connectivity index (χ2v) is 5.31. The van der Waals surface area contributed by atoms with E-state index >= 15 is 0 Å². The Morgan fingerprint density at radius 2 is 2.26 bits per heavy atom. The Kier molecular flexibility index (Phi) is 3.87. The highest BCUT2D eigenvalue weighted by Gasteiger charge is 2.41. The van der Waals surface area contributed by atoms with Gasteiger partial charge in [-0.3, -0.25) is 9.69 Å². The third-order valence-electron chi connectivity index (χ3n) is 3.74. The number of nitrogens with zero attached hydrogens (tertiary/aromatic N) is 1. The molecule has 1 unspecified atom stereocenters. The number of piperazine rings is 1. The van der Waals surface area contributed by atoms with Crippen LogP contribution >= 0.6 is 0 Å². The molecule has 1 aliphatic rings. The van der Waals surface area contributed by atoms with Crippen LogP contribution in [0.2, 0.25) is 0 Å². The third kappa shape index (κ3) is 2.62. The summed E-state index contributed by atoms with van der Waals surface area (Å²) in [4.78, 5) is 14.0. The normalized spacial score (nSPS) is 20.9. The minimum Gasteiger partial charge on any atom is -0.353 e. The summed E-state index contributed by atoms with van der Waals surface area (Å²) in [5.41, 5.74) is 6.02. The van der Waals surface area contributed by atoms with Gasteiger partial charge in [0.05, 0.1) is 5.54 Å². The number of benzene rings is 1. The summed E-state index contributed by atoms with van der Waals surface area (Å²) < 4.78 is 13.4. The van der Waals surface area contributed by atoms with Gasteiger partial charge in [0.25, 0.3) is 0 Å². The van der Waals surface area contributed by atoms with Gasteiger partial charge in [-0.1, -0.05) is 12.1 Å². The van der Waals surface area contributed by atoms with Crippen LogP contribution in [0.25, 0.3) is 0 Å². The highest BCUT2D eigenvalue weighted by atomic mass is 19.1. The molecule has 1 atom stereocenters. The van der Waals surface area contributed by atoms with Crippen molar-refractivity contribution in [2.45, 2.75) is 25.4 Å². The maximum absolute atomic E-state index is 13.4. The van der Waals surface area contributed by atoms with E-state index in [2.05, 4.69) is 5.32 Å². The largest absolute Gasteiger partial charge is 0.353 e. The van der Waals surface area contributed by atoms with Gasteiger partial charge in [-0.15, -0.1) is 0 Å². The molecular formula is C14H20FN3O. The molecule has 19 heavy (non-hydrogen) atoms. The lowest BCUT2D eigenvalue weighted by Gasteiger charge is -2.45. The molecule has 1 saturated heterocycles. The average molecular weight is 265 g/mol. The molecule has 0 aromatic heterocycles. The fourth-order valence-electron chi connectivity index (χ4n) is 2.62. The van der Waals surface area contributed by atoms with Crippen molar-refractivity contribution in [2.24, 2.45) is 5.73 Å². The van der Waals surface area contributed by atoms with Gasteiger partial charge in [-0.05, 0) is 31.5 Å². The number of carbonyl (C=O) groups excluding carboxylic acids is 1. The minimum absolute atomic E-state index is 0.0198. The molecular weight excluding hydrogens is 245 g/mol. The summed E-state index contributed by atoms with van der Waals surface area (Å²) in [6, 6.07) is 6.26. The van der Waals surface area contributed by atoms with E-state index in [1.54, 1.807) is 6.07 Å². The number of nitrogens with one attached hydrogen (secondary N) is 1. The van der Waals surface area contributed by atoms with Crippen LogP contribution in [-0.2, 0) is 4.79 Å². The summed E-state index contributed by atoms with van der Waals surface area (Å²) in [6.45, 7) is 5.37. The molecule has 1 aliphatic heterocycles. The maximum atomic E-state index is 13.4. The lowest BCUT2D eigenvalue weighted by molar-refractivity contribution is -0.137. The van der Waals surface area contributed by atoms with Gasteiger partial charge in [0.2, 0.25) is 5.91 Å². The van der Waals surface area contributed by atoms with Gasteiger partial charge in [-0.25, -0.2) is 4.39 Å². The first kappa shape index (κ1) is 14.0. The second-order valence-electron chi connectivity index (χ2n) is 5.31. The van der Waals surface area contributed by atoms with Gasteiger partial charge in [0.1, 0.15) is 5.82 Å². The number of carbonyl (C=O) groups is 1. The molecule has 0 radical (unpaired) electrons. The maximum Gasteiger partial charge on any atom is 0.240 e. The van der Waals surface area contributed by atoms with E-state index in [1.165, 1.54) is 12.1 Å². The van der Waals surface area contributed by atoms with E-state index in [9.17, 15) is 9.18 Å². The van der Waals surface area contributed by atoms with Gasteiger partial charge >= 0.3 is 0 Å².